The molecule has 2 heteroatoms. The van der Waals surface area contributed by atoms with Crippen molar-refractivity contribution >= 4 is 21.5 Å². The second kappa shape index (κ2) is 10.7. The zero-order valence-corrected chi connectivity index (χ0v) is 27.7. The molecule has 2 nitrogen and oxygen atoms in total. The molecule has 51 heavy (non-hydrogen) atoms. The number of hydrogen-bond acceptors (Lipinski definition) is 2. The highest BCUT2D eigenvalue weighted by atomic mass is 14.8. The van der Waals surface area contributed by atoms with Crippen molar-refractivity contribution in [2.24, 2.45) is 0 Å². The van der Waals surface area contributed by atoms with Gasteiger partial charge >= 0.3 is 0 Å². The van der Waals surface area contributed by atoms with E-state index in [1.165, 1.54) is 77.2 Å². The molecule has 0 radical (unpaired) electrons. The highest BCUT2D eigenvalue weighted by Crippen LogP contribution is 2.64. The molecule has 236 valence electrons. The standard InChI is InChI=1S/C49H30N2/c1-2-11-34-30-44-41(29-33(34)10-1)40-26-24-36-28-35(31-19-21-32(22-20-31)45-17-9-18-47(51-45)46-16-7-8-27-50-46)23-25-37(36)48(40)49(44)42-14-5-3-12-38(42)39-13-4-6-15-43(39)49/h1-30H. The van der Waals surface area contributed by atoms with Crippen molar-refractivity contribution in [3.63, 3.8) is 0 Å². The Balaban J connectivity index is 1.08. The van der Waals surface area contributed by atoms with Gasteiger partial charge in [-0.05, 0) is 120 Å². The molecule has 7 aromatic carbocycles. The minimum atomic E-state index is -0.401. The molecule has 0 saturated heterocycles. The van der Waals surface area contributed by atoms with Gasteiger partial charge in [0.25, 0.3) is 0 Å². The first-order valence-electron chi connectivity index (χ1n) is 17.6. The average molecular weight is 647 g/mol. The minimum Gasteiger partial charge on any atom is -0.255 e. The first-order valence-corrected chi connectivity index (χ1v) is 17.6. The van der Waals surface area contributed by atoms with Gasteiger partial charge in [0, 0.05) is 11.8 Å². The molecule has 0 N–H and O–H groups in total. The van der Waals surface area contributed by atoms with Crippen LogP contribution in [0.2, 0.25) is 0 Å². The third-order valence-electron chi connectivity index (χ3n) is 11.1. The predicted octanol–water partition coefficient (Wildman–Crippen LogP) is 12.1. The summed E-state index contributed by atoms with van der Waals surface area (Å²) in [6, 6.07) is 64.3. The summed E-state index contributed by atoms with van der Waals surface area (Å²) in [5.41, 5.74) is 16.6. The van der Waals surface area contributed by atoms with E-state index in [4.69, 9.17) is 4.98 Å². The Hall–Kier alpha value is -6.64. The highest BCUT2D eigenvalue weighted by Gasteiger charge is 2.52. The summed E-state index contributed by atoms with van der Waals surface area (Å²) in [6.07, 6.45) is 1.81. The van der Waals surface area contributed by atoms with E-state index in [0.29, 0.717) is 0 Å². The Morgan fingerprint density at radius 1 is 0.353 bits per heavy atom. The zero-order valence-electron chi connectivity index (χ0n) is 27.7. The molecule has 0 atom stereocenters. The summed E-state index contributed by atoms with van der Waals surface area (Å²) in [7, 11) is 0. The van der Waals surface area contributed by atoms with Gasteiger partial charge in [-0.15, -0.1) is 0 Å². The quantitative estimate of drug-likeness (QED) is 0.191. The lowest BCUT2D eigenvalue weighted by Gasteiger charge is -2.31. The fourth-order valence-corrected chi connectivity index (χ4v) is 8.93. The van der Waals surface area contributed by atoms with Crippen LogP contribution in [0, 0.1) is 0 Å². The summed E-state index contributed by atoms with van der Waals surface area (Å²) in [4.78, 5) is 9.42. The van der Waals surface area contributed by atoms with Crippen molar-refractivity contribution in [2.45, 2.75) is 5.41 Å². The van der Waals surface area contributed by atoms with Crippen LogP contribution >= 0.6 is 0 Å². The molecule has 1 spiro atoms. The third kappa shape index (κ3) is 3.99. The summed E-state index contributed by atoms with van der Waals surface area (Å²) < 4.78 is 0. The number of pyridine rings is 2. The topological polar surface area (TPSA) is 25.8 Å². The van der Waals surface area contributed by atoms with Gasteiger partial charge in [0.1, 0.15) is 0 Å². The van der Waals surface area contributed by atoms with Gasteiger partial charge in [0.15, 0.2) is 0 Å². The van der Waals surface area contributed by atoms with Crippen LogP contribution in [0.4, 0.5) is 0 Å². The second-order valence-electron chi connectivity index (χ2n) is 13.7. The number of nitrogens with zero attached hydrogens (tertiary/aromatic N) is 2. The maximum absolute atomic E-state index is 4.93. The molecular formula is C49H30N2. The van der Waals surface area contributed by atoms with E-state index in [9.17, 15) is 0 Å². The van der Waals surface area contributed by atoms with E-state index in [-0.39, 0.29) is 0 Å². The summed E-state index contributed by atoms with van der Waals surface area (Å²) >= 11 is 0. The number of aromatic nitrogens is 2. The van der Waals surface area contributed by atoms with Crippen LogP contribution in [0.1, 0.15) is 22.3 Å². The first-order chi connectivity index (χ1) is 25.3. The van der Waals surface area contributed by atoms with E-state index in [2.05, 4.69) is 157 Å². The first kappa shape index (κ1) is 28.2. The summed E-state index contributed by atoms with van der Waals surface area (Å²) in [5, 5.41) is 5.10. The zero-order chi connectivity index (χ0) is 33.5. The Morgan fingerprint density at radius 2 is 1.00 bits per heavy atom. The van der Waals surface area contributed by atoms with Gasteiger partial charge in [-0.3, -0.25) is 4.98 Å². The van der Waals surface area contributed by atoms with E-state index < -0.39 is 5.41 Å². The van der Waals surface area contributed by atoms with Gasteiger partial charge in [0.2, 0.25) is 0 Å². The van der Waals surface area contributed by atoms with Gasteiger partial charge in [-0.1, -0.05) is 133 Å². The van der Waals surface area contributed by atoms with E-state index in [1.54, 1.807) is 0 Å². The second-order valence-corrected chi connectivity index (χ2v) is 13.7. The molecule has 0 bridgehead atoms. The maximum Gasteiger partial charge on any atom is 0.0893 e. The molecule has 0 unspecified atom stereocenters. The van der Waals surface area contributed by atoms with Crippen LogP contribution in [0.15, 0.2) is 182 Å². The molecule has 2 aliphatic carbocycles. The van der Waals surface area contributed by atoms with Crippen LogP contribution in [0.5, 0.6) is 0 Å². The summed E-state index contributed by atoms with van der Waals surface area (Å²) in [6.45, 7) is 0. The number of benzene rings is 7. The van der Waals surface area contributed by atoms with Crippen LogP contribution < -0.4 is 0 Å². The van der Waals surface area contributed by atoms with Crippen molar-refractivity contribution in [3.05, 3.63) is 204 Å². The molecule has 0 aliphatic heterocycles. The monoisotopic (exact) mass is 646 g/mol. The fraction of sp³-hybridized carbons (Fsp3) is 0.0204. The molecular weight excluding hydrogens is 617 g/mol. The molecule has 0 amide bonds. The van der Waals surface area contributed by atoms with E-state index >= 15 is 0 Å². The highest BCUT2D eigenvalue weighted by molar-refractivity contribution is 6.06. The lowest BCUT2D eigenvalue weighted by atomic mass is 9.69. The number of fused-ring (bicyclic) bond motifs is 13. The van der Waals surface area contributed by atoms with Gasteiger partial charge in [-0.25, -0.2) is 4.98 Å². The smallest absolute Gasteiger partial charge is 0.0893 e. The number of rotatable bonds is 3. The predicted molar refractivity (Wildman–Crippen MR) is 210 cm³/mol. The third-order valence-corrected chi connectivity index (χ3v) is 11.1. The normalized spacial score (nSPS) is 13.3. The molecule has 2 aromatic heterocycles. The summed E-state index contributed by atoms with van der Waals surface area (Å²) in [5.74, 6) is 0. The minimum absolute atomic E-state index is 0.401. The average Bonchev–Trinajstić information content (AvgIpc) is 3.67. The molecule has 9 aromatic rings. The molecule has 2 heterocycles. The molecule has 11 rings (SSSR count). The number of hydrogen-bond donors (Lipinski definition) is 0. The Kier molecular flexibility index (Phi) is 5.91. The van der Waals surface area contributed by atoms with Crippen molar-refractivity contribution < 1.29 is 0 Å². The Morgan fingerprint density at radius 3 is 1.76 bits per heavy atom. The molecule has 0 saturated carbocycles. The largest absolute Gasteiger partial charge is 0.255 e. The van der Waals surface area contributed by atoms with Crippen molar-refractivity contribution in [1.29, 1.82) is 0 Å². The van der Waals surface area contributed by atoms with E-state index in [0.717, 1.165) is 22.6 Å². The Bertz CT molecular complexity index is 2800. The van der Waals surface area contributed by atoms with Crippen molar-refractivity contribution in [2.75, 3.05) is 0 Å². The van der Waals surface area contributed by atoms with Gasteiger partial charge in [0.05, 0.1) is 22.5 Å². The van der Waals surface area contributed by atoms with Crippen LogP contribution in [0.3, 0.4) is 0 Å². The fourth-order valence-electron chi connectivity index (χ4n) is 8.93. The lowest BCUT2D eigenvalue weighted by molar-refractivity contribution is 0.802. The molecule has 2 aliphatic rings. The van der Waals surface area contributed by atoms with E-state index in [1.807, 2.05) is 30.5 Å². The van der Waals surface area contributed by atoms with Crippen LogP contribution in [0.25, 0.3) is 77.6 Å². The SMILES string of the molecule is c1ccc(-c2cccc(-c3ccc(-c4ccc5c6c(ccc5c4)-c4cc5ccccc5cc4C64c5ccccc5-c5ccccc54)cc3)n2)nc1. The maximum atomic E-state index is 4.93. The Labute approximate surface area is 296 Å². The van der Waals surface area contributed by atoms with Crippen molar-refractivity contribution in [1.82, 2.24) is 9.97 Å². The van der Waals surface area contributed by atoms with Crippen LogP contribution in [-0.4, -0.2) is 9.97 Å². The van der Waals surface area contributed by atoms with Gasteiger partial charge in [-0.2, -0.15) is 0 Å². The van der Waals surface area contributed by atoms with Crippen molar-refractivity contribution in [3.8, 4) is 56.0 Å². The van der Waals surface area contributed by atoms with Crippen LogP contribution in [-0.2, 0) is 5.41 Å². The lowest BCUT2D eigenvalue weighted by Crippen LogP contribution is -2.26. The molecule has 0 fully saturated rings. The van der Waals surface area contributed by atoms with Gasteiger partial charge < -0.3 is 0 Å².